The topological polar surface area (TPSA) is 9.23 Å². The number of hydrogen-bond donors (Lipinski definition) is 0. The molecule has 1 aromatic rings. The highest BCUT2D eigenvalue weighted by Gasteiger charge is 2.21. The maximum absolute atomic E-state index is 5.73. The zero-order valence-corrected chi connectivity index (χ0v) is 9.61. The molecule has 1 aromatic carbocycles. The van der Waals surface area contributed by atoms with E-state index >= 15 is 0 Å². The first-order chi connectivity index (χ1) is 6.36. The molecule has 1 fully saturated rings. The summed E-state index contributed by atoms with van der Waals surface area (Å²) in [6.07, 6.45) is 2.69. The average molecular weight is 288 g/mol. The normalized spacial score (nSPS) is 28.7. The first kappa shape index (κ1) is 9.46. The van der Waals surface area contributed by atoms with Gasteiger partial charge in [0.25, 0.3) is 0 Å². The molecule has 0 aromatic heterocycles. The van der Waals surface area contributed by atoms with E-state index in [0.29, 0.717) is 6.10 Å². The lowest BCUT2D eigenvalue weighted by Gasteiger charge is -2.26. The molecule has 1 aliphatic heterocycles. The molecule has 0 radical (unpaired) electrons. The Bertz CT molecular complexity index is 260. The summed E-state index contributed by atoms with van der Waals surface area (Å²) in [6, 6.07) is 10.5. The molecular weight excluding hydrogens is 275 g/mol. The SMILES string of the molecule is I[C@H]1CCO[C@@H](c2ccccc2)C1. The molecule has 0 saturated carbocycles. The van der Waals surface area contributed by atoms with Crippen LogP contribution in [0.15, 0.2) is 30.3 Å². The Kier molecular flexibility index (Phi) is 3.22. The van der Waals surface area contributed by atoms with Crippen LogP contribution in [0.1, 0.15) is 24.5 Å². The fourth-order valence-corrected chi connectivity index (χ4v) is 2.37. The van der Waals surface area contributed by atoms with Crippen LogP contribution in [0.5, 0.6) is 0 Å². The maximum Gasteiger partial charge on any atom is 0.0834 e. The molecule has 0 spiro atoms. The first-order valence-electron chi connectivity index (χ1n) is 4.67. The van der Waals surface area contributed by atoms with Crippen molar-refractivity contribution in [3.05, 3.63) is 35.9 Å². The van der Waals surface area contributed by atoms with Crippen molar-refractivity contribution in [3.63, 3.8) is 0 Å². The van der Waals surface area contributed by atoms with E-state index in [1.54, 1.807) is 0 Å². The van der Waals surface area contributed by atoms with Crippen LogP contribution in [0.4, 0.5) is 0 Å². The standard InChI is InChI=1S/C11H13IO/c12-10-6-7-13-11(8-10)9-4-2-1-3-5-9/h1-5,10-11H,6-8H2/t10-,11+/m0/s1. The predicted molar refractivity (Wildman–Crippen MR) is 62.2 cm³/mol. The molecule has 2 heteroatoms. The van der Waals surface area contributed by atoms with Crippen molar-refractivity contribution in [1.29, 1.82) is 0 Å². The third-order valence-electron chi connectivity index (χ3n) is 2.39. The van der Waals surface area contributed by atoms with Crippen molar-refractivity contribution in [3.8, 4) is 0 Å². The zero-order chi connectivity index (χ0) is 9.10. The second-order valence-electron chi connectivity index (χ2n) is 3.39. The number of hydrogen-bond acceptors (Lipinski definition) is 1. The Labute approximate surface area is 92.6 Å². The van der Waals surface area contributed by atoms with Crippen LogP contribution in [0.2, 0.25) is 0 Å². The van der Waals surface area contributed by atoms with Gasteiger partial charge >= 0.3 is 0 Å². The minimum absolute atomic E-state index is 0.330. The van der Waals surface area contributed by atoms with Crippen LogP contribution < -0.4 is 0 Å². The Hall–Kier alpha value is -0.0900. The van der Waals surface area contributed by atoms with E-state index in [2.05, 4.69) is 46.9 Å². The average Bonchev–Trinajstić information content (AvgIpc) is 2.19. The van der Waals surface area contributed by atoms with Crippen molar-refractivity contribution < 1.29 is 4.74 Å². The Balaban J connectivity index is 2.08. The summed E-state index contributed by atoms with van der Waals surface area (Å²) in [6.45, 7) is 0.910. The minimum Gasteiger partial charge on any atom is -0.373 e. The summed E-state index contributed by atoms with van der Waals surface area (Å²) in [7, 11) is 0. The molecule has 1 nitrogen and oxygen atoms in total. The van der Waals surface area contributed by atoms with Gasteiger partial charge in [-0.1, -0.05) is 52.9 Å². The molecule has 70 valence electrons. The second-order valence-corrected chi connectivity index (χ2v) is 5.15. The van der Waals surface area contributed by atoms with Crippen LogP contribution in [0, 0.1) is 0 Å². The highest BCUT2D eigenvalue weighted by Crippen LogP contribution is 2.31. The number of ether oxygens (including phenoxy) is 1. The van der Waals surface area contributed by atoms with E-state index in [-0.39, 0.29) is 0 Å². The number of benzene rings is 1. The summed E-state index contributed by atoms with van der Waals surface area (Å²) < 4.78 is 6.50. The van der Waals surface area contributed by atoms with Crippen molar-refractivity contribution in [2.45, 2.75) is 22.9 Å². The van der Waals surface area contributed by atoms with E-state index in [9.17, 15) is 0 Å². The second kappa shape index (κ2) is 4.42. The van der Waals surface area contributed by atoms with E-state index < -0.39 is 0 Å². The maximum atomic E-state index is 5.73. The zero-order valence-electron chi connectivity index (χ0n) is 7.45. The van der Waals surface area contributed by atoms with Crippen LogP contribution >= 0.6 is 22.6 Å². The van der Waals surface area contributed by atoms with Crippen molar-refractivity contribution >= 4 is 22.6 Å². The quantitative estimate of drug-likeness (QED) is 0.569. The molecule has 2 atom stereocenters. The van der Waals surface area contributed by atoms with Crippen LogP contribution in [-0.4, -0.2) is 10.5 Å². The summed E-state index contributed by atoms with van der Waals surface area (Å²) in [5.74, 6) is 0. The minimum atomic E-state index is 0.330. The summed E-state index contributed by atoms with van der Waals surface area (Å²) in [5, 5.41) is 0. The highest BCUT2D eigenvalue weighted by atomic mass is 127. The Morgan fingerprint density at radius 2 is 2.00 bits per heavy atom. The predicted octanol–water partition coefficient (Wildman–Crippen LogP) is 3.34. The van der Waals surface area contributed by atoms with Crippen LogP contribution in [0.25, 0.3) is 0 Å². The van der Waals surface area contributed by atoms with Crippen molar-refractivity contribution in [1.82, 2.24) is 0 Å². The molecule has 0 N–H and O–H groups in total. The lowest BCUT2D eigenvalue weighted by Crippen LogP contribution is -2.19. The van der Waals surface area contributed by atoms with E-state index in [1.165, 1.54) is 12.0 Å². The number of halogens is 1. The van der Waals surface area contributed by atoms with Gasteiger partial charge in [-0.25, -0.2) is 0 Å². The van der Waals surface area contributed by atoms with Gasteiger partial charge in [-0.3, -0.25) is 0 Å². The summed E-state index contributed by atoms with van der Waals surface area (Å²) in [5.41, 5.74) is 1.32. The monoisotopic (exact) mass is 288 g/mol. The molecule has 2 rings (SSSR count). The van der Waals surface area contributed by atoms with Gasteiger partial charge in [0.2, 0.25) is 0 Å². The lowest BCUT2D eigenvalue weighted by molar-refractivity contribution is 0.0199. The largest absolute Gasteiger partial charge is 0.373 e. The van der Waals surface area contributed by atoms with Gasteiger partial charge in [0.1, 0.15) is 0 Å². The molecule has 0 bridgehead atoms. The lowest BCUT2D eigenvalue weighted by atomic mass is 10.0. The fourth-order valence-electron chi connectivity index (χ4n) is 1.66. The molecule has 1 heterocycles. The smallest absolute Gasteiger partial charge is 0.0834 e. The Morgan fingerprint density at radius 3 is 2.69 bits per heavy atom. The van der Waals surface area contributed by atoms with Gasteiger partial charge in [-0.15, -0.1) is 0 Å². The highest BCUT2D eigenvalue weighted by molar-refractivity contribution is 14.1. The molecular formula is C11H13IO. The number of alkyl halides is 1. The third kappa shape index (κ3) is 2.44. The Morgan fingerprint density at radius 1 is 1.23 bits per heavy atom. The van der Waals surface area contributed by atoms with Gasteiger partial charge in [-0.2, -0.15) is 0 Å². The van der Waals surface area contributed by atoms with Gasteiger partial charge in [0.05, 0.1) is 6.10 Å². The molecule has 0 aliphatic carbocycles. The van der Waals surface area contributed by atoms with Gasteiger partial charge in [0, 0.05) is 10.5 Å². The van der Waals surface area contributed by atoms with Gasteiger partial charge in [0.15, 0.2) is 0 Å². The van der Waals surface area contributed by atoms with Crippen molar-refractivity contribution in [2.24, 2.45) is 0 Å². The molecule has 0 amide bonds. The van der Waals surface area contributed by atoms with E-state index in [1.807, 2.05) is 6.07 Å². The third-order valence-corrected chi connectivity index (χ3v) is 3.52. The first-order valence-corrected chi connectivity index (χ1v) is 5.91. The summed E-state index contributed by atoms with van der Waals surface area (Å²) in [4.78, 5) is 0. The molecule has 1 saturated heterocycles. The molecule has 13 heavy (non-hydrogen) atoms. The van der Waals surface area contributed by atoms with E-state index in [0.717, 1.165) is 17.0 Å². The fraction of sp³-hybridized carbons (Fsp3) is 0.455. The molecule has 1 aliphatic rings. The van der Waals surface area contributed by atoms with Crippen molar-refractivity contribution in [2.75, 3.05) is 6.61 Å². The van der Waals surface area contributed by atoms with Crippen LogP contribution in [-0.2, 0) is 4.74 Å². The van der Waals surface area contributed by atoms with E-state index in [4.69, 9.17) is 4.74 Å². The van der Waals surface area contributed by atoms with Gasteiger partial charge in [-0.05, 0) is 18.4 Å². The summed E-state index contributed by atoms with van der Waals surface area (Å²) >= 11 is 2.52. The number of rotatable bonds is 1. The van der Waals surface area contributed by atoms with Crippen LogP contribution in [0.3, 0.4) is 0 Å². The van der Waals surface area contributed by atoms with Gasteiger partial charge < -0.3 is 4.74 Å². The molecule has 0 unspecified atom stereocenters.